The molecule has 0 saturated heterocycles. The third kappa shape index (κ3) is 0.807. The van der Waals surface area contributed by atoms with E-state index in [0.29, 0.717) is 0 Å². The standard InChI is InChI=1S/C8H4N4O/c1-2-7-8(12-13-11-7)5-3-4-9-10-6(1)5/h1-4H. The van der Waals surface area contributed by atoms with Crippen LogP contribution in [0.4, 0.5) is 0 Å². The molecule has 0 spiro atoms. The minimum Gasteiger partial charge on any atom is -0.243 e. The number of aromatic nitrogens is 4. The highest BCUT2D eigenvalue weighted by Gasteiger charge is 2.05. The maximum atomic E-state index is 4.62. The molecule has 0 bridgehead atoms. The lowest BCUT2D eigenvalue weighted by Gasteiger charge is -1.92. The third-order valence-corrected chi connectivity index (χ3v) is 1.92. The molecular weight excluding hydrogens is 168 g/mol. The fourth-order valence-electron chi connectivity index (χ4n) is 1.32. The quantitative estimate of drug-likeness (QED) is 0.509. The lowest BCUT2D eigenvalue weighted by molar-refractivity contribution is 0.316. The number of nitrogens with zero attached hydrogens (tertiary/aromatic N) is 4. The van der Waals surface area contributed by atoms with Gasteiger partial charge in [-0.1, -0.05) is 0 Å². The summed E-state index contributed by atoms with van der Waals surface area (Å²) in [6.07, 6.45) is 1.62. The molecule has 3 aromatic rings. The molecule has 2 aromatic heterocycles. The average molecular weight is 172 g/mol. The third-order valence-electron chi connectivity index (χ3n) is 1.92. The molecule has 0 aliphatic carbocycles. The van der Waals surface area contributed by atoms with Crippen molar-refractivity contribution in [2.45, 2.75) is 0 Å². The highest BCUT2D eigenvalue weighted by molar-refractivity contribution is 6.01. The highest BCUT2D eigenvalue weighted by atomic mass is 16.6. The molecule has 5 heteroatoms. The maximum absolute atomic E-state index is 4.62. The Morgan fingerprint density at radius 2 is 1.92 bits per heavy atom. The summed E-state index contributed by atoms with van der Waals surface area (Å²) < 4.78 is 4.62. The minimum absolute atomic E-state index is 0.729. The Labute approximate surface area is 72.3 Å². The van der Waals surface area contributed by atoms with Gasteiger partial charge in [0.05, 0.1) is 11.7 Å². The van der Waals surface area contributed by atoms with E-state index in [2.05, 4.69) is 25.1 Å². The molecule has 0 radical (unpaired) electrons. The van der Waals surface area contributed by atoms with Gasteiger partial charge in [0.25, 0.3) is 0 Å². The largest absolute Gasteiger partial charge is 0.243 e. The molecule has 2 heterocycles. The van der Waals surface area contributed by atoms with Gasteiger partial charge in [0.2, 0.25) is 0 Å². The molecule has 0 aliphatic rings. The first-order valence-corrected chi connectivity index (χ1v) is 3.78. The first-order chi connectivity index (χ1) is 6.45. The van der Waals surface area contributed by atoms with Crippen LogP contribution in [0.3, 0.4) is 0 Å². The van der Waals surface area contributed by atoms with Gasteiger partial charge in [-0.25, -0.2) is 4.63 Å². The topological polar surface area (TPSA) is 64.7 Å². The predicted octanol–water partition coefficient (Wildman–Crippen LogP) is 1.17. The molecule has 0 fully saturated rings. The Balaban J connectivity index is 2.65. The van der Waals surface area contributed by atoms with Crippen molar-refractivity contribution in [1.82, 2.24) is 20.5 Å². The highest BCUT2D eigenvalue weighted by Crippen LogP contribution is 2.19. The van der Waals surface area contributed by atoms with Crippen LogP contribution in [-0.2, 0) is 0 Å². The van der Waals surface area contributed by atoms with Gasteiger partial charge in [0, 0.05) is 5.39 Å². The number of hydrogen-bond donors (Lipinski definition) is 0. The summed E-state index contributed by atoms with van der Waals surface area (Å²) in [6, 6.07) is 5.49. The molecule has 0 atom stereocenters. The second-order valence-corrected chi connectivity index (χ2v) is 2.66. The van der Waals surface area contributed by atoms with Crippen molar-refractivity contribution in [2.24, 2.45) is 0 Å². The van der Waals surface area contributed by atoms with E-state index in [0.717, 1.165) is 21.9 Å². The average Bonchev–Trinajstić information content (AvgIpc) is 2.65. The van der Waals surface area contributed by atoms with Crippen LogP contribution in [0.1, 0.15) is 0 Å². The van der Waals surface area contributed by atoms with Crippen molar-refractivity contribution >= 4 is 21.9 Å². The van der Waals surface area contributed by atoms with Gasteiger partial charge in [-0.05, 0) is 28.5 Å². The molecule has 1 aromatic carbocycles. The summed E-state index contributed by atoms with van der Waals surface area (Å²) in [7, 11) is 0. The second-order valence-electron chi connectivity index (χ2n) is 2.66. The van der Waals surface area contributed by atoms with Crippen LogP contribution < -0.4 is 0 Å². The molecule has 0 N–H and O–H groups in total. The van der Waals surface area contributed by atoms with Gasteiger partial charge < -0.3 is 0 Å². The van der Waals surface area contributed by atoms with Crippen LogP contribution in [0.2, 0.25) is 0 Å². The number of fused-ring (bicyclic) bond motifs is 3. The van der Waals surface area contributed by atoms with Crippen molar-refractivity contribution in [3.8, 4) is 0 Å². The van der Waals surface area contributed by atoms with E-state index in [1.807, 2.05) is 18.2 Å². The maximum Gasteiger partial charge on any atom is 0.144 e. The van der Waals surface area contributed by atoms with Crippen LogP contribution in [0.15, 0.2) is 29.0 Å². The van der Waals surface area contributed by atoms with Gasteiger partial charge in [0.15, 0.2) is 0 Å². The van der Waals surface area contributed by atoms with Crippen LogP contribution >= 0.6 is 0 Å². The molecule has 0 amide bonds. The normalized spacial score (nSPS) is 11.1. The SMILES string of the molecule is c1cc2c(ccc3nonc32)nn1. The zero-order valence-corrected chi connectivity index (χ0v) is 6.51. The van der Waals surface area contributed by atoms with E-state index in [4.69, 9.17) is 0 Å². The van der Waals surface area contributed by atoms with E-state index in [9.17, 15) is 0 Å². The molecule has 0 saturated carbocycles. The zero-order chi connectivity index (χ0) is 8.67. The first kappa shape index (κ1) is 6.47. The summed E-state index contributed by atoms with van der Waals surface area (Å²) in [5.74, 6) is 0. The van der Waals surface area contributed by atoms with Crippen LogP contribution in [0, 0.1) is 0 Å². The van der Waals surface area contributed by atoms with Crippen LogP contribution in [0.25, 0.3) is 21.9 Å². The Morgan fingerprint density at radius 3 is 2.92 bits per heavy atom. The van der Waals surface area contributed by atoms with Crippen molar-refractivity contribution in [1.29, 1.82) is 0 Å². The summed E-state index contributed by atoms with van der Waals surface area (Å²) >= 11 is 0. The lowest BCUT2D eigenvalue weighted by atomic mass is 10.2. The summed E-state index contributed by atoms with van der Waals surface area (Å²) in [5.41, 5.74) is 2.26. The molecule has 0 unspecified atom stereocenters. The summed E-state index contributed by atoms with van der Waals surface area (Å²) in [5, 5.41) is 16.2. The minimum atomic E-state index is 0.729. The molecular formula is C8H4N4O. The van der Waals surface area contributed by atoms with Gasteiger partial charge in [0.1, 0.15) is 11.0 Å². The predicted molar refractivity (Wildman–Crippen MR) is 44.9 cm³/mol. The van der Waals surface area contributed by atoms with Crippen molar-refractivity contribution < 1.29 is 4.63 Å². The first-order valence-electron chi connectivity index (χ1n) is 3.78. The summed E-state index contributed by atoms with van der Waals surface area (Å²) in [4.78, 5) is 0. The van der Waals surface area contributed by atoms with E-state index < -0.39 is 0 Å². The molecule has 5 nitrogen and oxygen atoms in total. The number of hydrogen-bond acceptors (Lipinski definition) is 5. The zero-order valence-electron chi connectivity index (χ0n) is 6.51. The smallest absolute Gasteiger partial charge is 0.144 e. The van der Waals surface area contributed by atoms with Crippen LogP contribution in [-0.4, -0.2) is 20.5 Å². The molecule has 3 rings (SSSR count). The van der Waals surface area contributed by atoms with Crippen molar-refractivity contribution in [2.75, 3.05) is 0 Å². The number of benzene rings is 1. The van der Waals surface area contributed by atoms with Gasteiger partial charge in [-0.15, -0.1) is 0 Å². The fraction of sp³-hybridized carbons (Fsp3) is 0. The Kier molecular flexibility index (Phi) is 1.11. The van der Waals surface area contributed by atoms with Gasteiger partial charge in [-0.2, -0.15) is 10.2 Å². The Bertz CT molecular complexity index is 574. The van der Waals surface area contributed by atoms with Gasteiger partial charge in [-0.3, -0.25) is 0 Å². The molecule has 13 heavy (non-hydrogen) atoms. The van der Waals surface area contributed by atoms with E-state index in [-0.39, 0.29) is 0 Å². The fourth-order valence-corrected chi connectivity index (χ4v) is 1.32. The van der Waals surface area contributed by atoms with Crippen molar-refractivity contribution in [3.63, 3.8) is 0 Å². The molecule has 62 valence electrons. The van der Waals surface area contributed by atoms with Crippen LogP contribution in [0.5, 0.6) is 0 Å². The van der Waals surface area contributed by atoms with E-state index in [1.54, 1.807) is 6.20 Å². The Hall–Kier alpha value is -2.04. The number of rotatable bonds is 0. The monoisotopic (exact) mass is 172 g/mol. The Morgan fingerprint density at radius 1 is 1.00 bits per heavy atom. The molecule has 0 aliphatic heterocycles. The lowest BCUT2D eigenvalue weighted by Crippen LogP contribution is -1.82. The van der Waals surface area contributed by atoms with Crippen molar-refractivity contribution in [3.05, 3.63) is 24.4 Å². The second kappa shape index (κ2) is 2.22. The van der Waals surface area contributed by atoms with Gasteiger partial charge >= 0.3 is 0 Å². The van der Waals surface area contributed by atoms with E-state index >= 15 is 0 Å². The van der Waals surface area contributed by atoms with E-state index in [1.165, 1.54) is 0 Å². The summed E-state index contributed by atoms with van der Waals surface area (Å²) in [6.45, 7) is 0.